The van der Waals surface area contributed by atoms with Gasteiger partial charge in [0.05, 0.1) is 18.5 Å². The van der Waals surface area contributed by atoms with Crippen molar-refractivity contribution in [2.45, 2.75) is 0 Å². The Balaban J connectivity index is 2.45. The average Bonchev–Trinajstić information content (AvgIpc) is 2.44. The number of rotatable bonds is 3. The minimum atomic E-state index is -0.693. The van der Waals surface area contributed by atoms with E-state index >= 15 is 0 Å². The van der Waals surface area contributed by atoms with Gasteiger partial charge in [-0.3, -0.25) is 0 Å². The zero-order chi connectivity index (χ0) is 14.9. The highest BCUT2D eigenvalue weighted by atomic mass is 16.5. The fraction of sp³-hybridized carbons (Fsp3) is 0.0769. The van der Waals surface area contributed by atoms with Crippen molar-refractivity contribution in [1.29, 1.82) is 0 Å². The molecular formula is C13H13NO6. The second kappa shape index (κ2) is 4.96. The van der Waals surface area contributed by atoms with Crippen LogP contribution >= 0.6 is 0 Å². The van der Waals surface area contributed by atoms with Crippen LogP contribution in [0.5, 0.6) is 34.5 Å². The summed E-state index contributed by atoms with van der Waals surface area (Å²) in [5, 5.41) is 50.2. The summed E-state index contributed by atoms with van der Waals surface area (Å²) < 4.78 is 4.94. The van der Waals surface area contributed by atoms with Crippen molar-refractivity contribution in [3.05, 3.63) is 24.3 Å². The lowest BCUT2D eigenvalue weighted by atomic mass is 10.2. The van der Waals surface area contributed by atoms with Crippen LogP contribution in [0.2, 0.25) is 0 Å². The highest BCUT2D eigenvalue weighted by Crippen LogP contribution is 2.44. The van der Waals surface area contributed by atoms with Crippen LogP contribution in [-0.2, 0) is 0 Å². The first-order chi connectivity index (χ1) is 9.43. The molecule has 0 radical (unpaired) electrons. The summed E-state index contributed by atoms with van der Waals surface area (Å²) in [5.74, 6) is -2.34. The predicted molar refractivity (Wildman–Crippen MR) is 71.0 cm³/mol. The van der Waals surface area contributed by atoms with Crippen LogP contribution in [0.4, 0.5) is 11.4 Å². The monoisotopic (exact) mass is 279 g/mol. The molecule has 2 aromatic carbocycles. The van der Waals surface area contributed by atoms with E-state index < -0.39 is 28.7 Å². The first kappa shape index (κ1) is 13.5. The second-order valence-electron chi connectivity index (χ2n) is 4.00. The van der Waals surface area contributed by atoms with Crippen LogP contribution in [-0.4, -0.2) is 32.6 Å². The number of methoxy groups -OCH3 is 1. The van der Waals surface area contributed by atoms with Gasteiger partial charge in [-0.15, -0.1) is 0 Å². The number of hydrogen-bond donors (Lipinski definition) is 6. The second-order valence-corrected chi connectivity index (χ2v) is 4.00. The Labute approximate surface area is 113 Å². The van der Waals surface area contributed by atoms with E-state index in [1.807, 2.05) is 0 Å². The van der Waals surface area contributed by atoms with Crippen molar-refractivity contribution >= 4 is 11.4 Å². The van der Waals surface area contributed by atoms with Crippen LogP contribution < -0.4 is 10.1 Å². The highest BCUT2D eigenvalue weighted by Gasteiger charge is 2.15. The Morgan fingerprint density at radius 2 is 1.50 bits per heavy atom. The Kier molecular flexibility index (Phi) is 3.34. The zero-order valence-corrected chi connectivity index (χ0v) is 10.5. The maximum Gasteiger partial charge on any atom is 0.202 e. The van der Waals surface area contributed by atoms with E-state index in [1.165, 1.54) is 25.3 Å². The van der Waals surface area contributed by atoms with E-state index in [4.69, 9.17) is 4.74 Å². The molecule has 6 N–H and O–H groups in total. The number of hydrogen-bond acceptors (Lipinski definition) is 7. The van der Waals surface area contributed by atoms with Crippen LogP contribution in [0.1, 0.15) is 0 Å². The van der Waals surface area contributed by atoms with Gasteiger partial charge in [0, 0.05) is 12.1 Å². The number of anilines is 2. The van der Waals surface area contributed by atoms with Gasteiger partial charge < -0.3 is 35.6 Å². The SMILES string of the molecule is COc1cc(O)c(O)c(Nc2ccc(O)c(O)c2O)c1. The molecule has 7 heteroatoms. The summed E-state index contributed by atoms with van der Waals surface area (Å²) in [5.41, 5.74) is 0.0884. The fourth-order valence-corrected chi connectivity index (χ4v) is 1.62. The standard InChI is InChI=1S/C13H13NO6/c1-20-6-4-8(11(17)10(16)5-6)14-7-2-3-9(15)13(19)12(7)18/h2-5,14-19H,1H3. The lowest BCUT2D eigenvalue weighted by Crippen LogP contribution is -1.93. The van der Waals surface area contributed by atoms with E-state index in [2.05, 4.69) is 5.32 Å². The minimum absolute atomic E-state index is 0.0308. The smallest absolute Gasteiger partial charge is 0.202 e. The van der Waals surface area contributed by atoms with Gasteiger partial charge in [-0.2, -0.15) is 0 Å². The quantitative estimate of drug-likeness (QED) is 0.375. The molecular weight excluding hydrogens is 266 g/mol. The lowest BCUT2D eigenvalue weighted by molar-refractivity contribution is 0.369. The van der Waals surface area contributed by atoms with E-state index in [9.17, 15) is 25.5 Å². The van der Waals surface area contributed by atoms with Crippen molar-refractivity contribution in [2.24, 2.45) is 0 Å². The summed E-state index contributed by atoms with van der Waals surface area (Å²) >= 11 is 0. The number of phenolic OH excluding ortho intramolecular Hbond substituents is 5. The zero-order valence-electron chi connectivity index (χ0n) is 10.5. The maximum atomic E-state index is 9.73. The molecule has 0 aliphatic carbocycles. The molecule has 0 aromatic heterocycles. The van der Waals surface area contributed by atoms with Crippen LogP contribution in [0.25, 0.3) is 0 Å². The van der Waals surface area contributed by atoms with Crippen molar-refractivity contribution < 1.29 is 30.3 Å². The molecule has 2 rings (SSSR count). The van der Waals surface area contributed by atoms with E-state index in [0.29, 0.717) is 0 Å². The van der Waals surface area contributed by atoms with Crippen molar-refractivity contribution in [1.82, 2.24) is 0 Å². The summed E-state index contributed by atoms with van der Waals surface area (Å²) in [6.45, 7) is 0. The van der Waals surface area contributed by atoms with Gasteiger partial charge in [-0.05, 0) is 12.1 Å². The minimum Gasteiger partial charge on any atom is -0.504 e. The molecule has 0 saturated carbocycles. The molecule has 0 aliphatic rings. The predicted octanol–water partition coefficient (Wildman–Crippen LogP) is 1.97. The van der Waals surface area contributed by atoms with Crippen LogP contribution in [0.3, 0.4) is 0 Å². The van der Waals surface area contributed by atoms with E-state index in [0.717, 1.165) is 6.07 Å². The topological polar surface area (TPSA) is 122 Å². The molecule has 7 nitrogen and oxygen atoms in total. The van der Waals surface area contributed by atoms with Gasteiger partial charge in [-0.1, -0.05) is 0 Å². The third-order valence-corrected chi connectivity index (χ3v) is 2.70. The Morgan fingerprint density at radius 1 is 0.800 bits per heavy atom. The molecule has 0 heterocycles. The highest BCUT2D eigenvalue weighted by molar-refractivity contribution is 5.77. The largest absolute Gasteiger partial charge is 0.504 e. The van der Waals surface area contributed by atoms with E-state index in [-0.39, 0.29) is 17.1 Å². The third kappa shape index (κ3) is 2.28. The van der Waals surface area contributed by atoms with Gasteiger partial charge in [0.1, 0.15) is 5.75 Å². The Hall–Kier alpha value is -2.96. The van der Waals surface area contributed by atoms with Gasteiger partial charge in [0.2, 0.25) is 5.75 Å². The van der Waals surface area contributed by atoms with E-state index in [1.54, 1.807) is 0 Å². The molecule has 0 aliphatic heterocycles. The number of aromatic hydroxyl groups is 5. The summed E-state index contributed by atoms with van der Waals surface area (Å²) in [6, 6.07) is 5.06. The van der Waals surface area contributed by atoms with Gasteiger partial charge >= 0.3 is 0 Å². The molecule has 20 heavy (non-hydrogen) atoms. The summed E-state index contributed by atoms with van der Waals surface area (Å²) in [7, 11) is 1.39. The van der Waals surface area contributed by atoms with Crippen molar-refractivity contribution in [3.63, 3.8) is 0 Å². The van der Waals surface area contributed by atoms with Gasteiger partial charge in [-0.25, -0.2) is 0 Å². The Morgan fingerprint density at radius 3 is 2.15 bits per heavy atom. The molecule has 0 amide bonds. The number of benzene rings is 2. The van der Waals surface area contributed by atoms with Crippen LogP contribution in [0.15, 0.2) is 24.3 Å². The lowest BCUT2D eigenvalue weighted by Gasteiger charge is -2.13. The number of phenols is 5. The first-order valence-corrected chi connectivity index (χ1v) is 5.55. The van der Waals surface area contributed by atoms with Crippen molar-refractivity contribution in [3.8, 4) is 34.5 Å². The summed E-state index contributed by atoms with van der Waals surface area (Å²) in [6.07, 6.45) is 0. The number of ether oxygens (including phenoxy) is 1. The fourth-order valence-electron chi connectivity index (χ4n) is 1.62. The average molecular weight is 279 g/mol. The van der Waals surface area contributed by atoms with Gasteiger partial charge in [0.25, 0.3) is 0 Å². The molecule has 2 aromatic rings. The molecule has 0 spiro atoms. The van der Waals surface area contributed by atoms with Gasteiger partial charge in [0.15, 0.2) is 23.0 Å². The first-order valence-electron chi connectivity index (χ1n) is 5.55. The molecule has 0 atom stereocenters. The summed E-state index contributed by atoms with van der Waals surface area (Å²) in [4.78, 5) is 0. The normalized spacial score (nSPS) is 10.2. The maximum absolute atomic E-state index is 9.73. The molecule has 0 saturated heterocycles. The molecule has 0 fully saturated rings. The Bertz CT molecular complexity index is 656. The molecule has 0 unspecified atom stereocenters. The number of nitrogens with one attached hydrogen (secondary N) is 1. The van der Waals surface area contributed by atoms with Crippen LogP contribution in [0, 0.1) is 0 Å². The molecule has 0 bridgehead atoms. The molecule has 106 valence electrons. The third-order valence-electron chi connectivity index (χ3n) is 2.70. The van der Waals surface area contributed by atoms with Crippen molar-refractivity contribution in [2.75, 3.05) is 12.4 Å².